The van der Waals surface area contributed by atoms with E-state index in [0.29, 0.717) is 24.7 Å². The highest BCUT2D eigenvalue weighted by atomic mass is 16.1. The van der Waals surface area contributed by atoms with Crippen molar-refractivity contribution in [2.24, 2.45) is 0 Å². The van der Waals surface area contributed by atoms with Gasteiger partial charge in [-0.3, -0.25) is 4.79 Å². The average Bonchev–Trinajstić information content (AvgIpc) is 3.18. The Hall–Kier alpha value is -1.86. The Bertz CT molecular complexity index is 446. The van der Waals surface area contributed by atoms with E-state index in [4.69, 9.17) is 5.26 Å². The molecular weight excluding hydrogens is 214 g/mol. The standard InChI is InChI=1S/C13H15N3O/c14-7-10-2-1-3-11(6-10)8-16-13(17)9-15-12-4-5-12/h1-3,6,12,15H,4-5,8-9H2,(H,16,17). The van der Waals surface area contributed by atoms with Gasteiger partial charge in [-0.05, 0) is 30.5 Å². The van der Waals surface area contributed by atoms with Gasteiger partial charge in [-0.15, -0.1) is 0 Å². The molecule has 0 heterocycles. The third-order valence-corrected chi connectivity index (χ3v) is 2.67. The maximum absolute atomic E-state index is 11.5. The number of nitrogens with zero attached hydrogens (tertiary/aromatic N) is 1. The second-order valence-corrected chi connectivity index (χ2v) is 4.24. The van der Waals surface area contributed by atoms with Gasteiger partial charge in [0.1, 0.15) is 0 Å². The Morgan fingerprint density at radius 3 is 3.00 bits per heavy atom. The molecule has 17 heavy (non-hydrogen) atoms. The molecule has 1 aliphatic carbocycles. The zero-order chi connectivity index (χ0) is 12.1. The average molecular weight is 229 g/mol. The third kappa shape index (κ3) is 3.89. The minimum atomic E-state index is -0.000685. The number of nitrogens with one attached hydrogen (secondary N) is 2. The van der Waals surface area contributed by atoms with Crippen molar-refractivity contribution in [2.75, 3.05) is 6.54 Å². The van der Waals surface area contributed by atoms with E-state index in [1.54, 1.807) is 12.1 Å². The molecule has 0 radical (unpaired) electrons. The third-order valence-electron chi connectivity index (χ3n) is 2.67. The summed E-state index contributed by atoms with van der Waals surface area (Å²) in [5.74, 6) is -0.000685. The highest BCUT2D eigenvalue weighted by Gasteiger charge is 2.20. The van der Waals surface area contributed by atoms with Gasteiger partial charge in [-0.1, -0.05) is 12.1 Å². The summed E-state index contributed by atoms with van der Waals surface area (Å²) in [5, 5.41) is 14.7. The van der Waals surface area contributed by atoms with Crippen molar-refractivity contribution >= 4 is 5.91 Å². The summed E-state index contributed by atoms with van der Waals surface area (Å²) in [6.45, 7) is 0.851. The SMILES string of the molecule is N#Cc1cccc(CNC(=O)CNC2CC2)c1. The van der Waals surface area contributed by atoms with Crippen molar-refractivity contribution in [3.63, 3.8) is 0 Å². The zero-order valence-corrected chi connectivity index (χ0v) is 9.57. The summed E-state index contributed by atoms with van der Waals surface area (Å²) in [6.07, 6.45) is 2.36. The molecule has 0 bridgehead atoms. The summed E-state index contributed by atoms with van der Waals surface area (Å²) in [5.41, 5.74) is 1.57. The Kier molecular flexibility index (Phi) is 3.73. The molecule has 1 aliphatic rings. The van der Waals surface area contributed by atoms with Gasteiger partial charge in [0, 0.05) is 12.6 Å². The molecule has 88 valence electrons. The van der Waals surface area contributed by atoms with E-state index < -0.39 is 0 Å². The molecule has 0 spiro atoms. The van der Waals surface area contributed by atoms with Gasteiger partial charge in [-0.25, -0.2) is 0 Å². The number of rotatable bonds is 5. The van der Waals surface area contributed by atoms with Crippen LogP contribution >= 0.6 is 0 Å². The predicted molar refractivity (Wildman–Crippen MR) is 64.0 cm³/mol. The van der Waals surface area contributed by atoms with Crippen molar-refractivity contribution in [3.05, 3.63) is 35.4 Å². The van der Waals surface area contributed by atoms with Crippen LogP contribution in [-0.2, 0) is 11.3 Å². The second-order valence-electron chi connectivity index (χ2n) is 4.24. The van der Waals surface area contributed by atoms with Crippen LogP contribution in [0.1, 0.15) is 24.0 Å². The first-order chi connectivity index (χ1) is 8.28. The molecule has 4 heteroatoms. The quantitative estimate of drug-likeness (QED) is 0.789. The summed E-state index contributed by atoms with van der Waals surface area (Å²) in [7, 11) is 0. The molecule has 0 unspecified atom stereocenters. The minimum Gasteiger partial charge on any atom is -0.351 e. The lowest BCUT2D eigenvalue weighted by Crippen LogP contribution is -2.34. The maximum atomic E-state index is 11.5. The van der Waals surface area contributed by atoms with Gasteiger partial charge in [0.25, 0.3) is 0 Å². The van der Waals surface area contributed by atoms with Gasteiger partial charge in [0.15, 0.2) is 0 Å². The Labute approximate surface area is 101 Å². The van der Waals surface area contributed by atoms with Crippen LogP contribution in [0.2, 0.25) is 0 Å². The summed E-state index contributed by atoms with van der Waals surface area (Å²) in [4.78, 5) is 11.5. The first-order valence-corrected chi connectivity index (χ1v) is 5.77. The summed E-state index contributed by atoms with van der Waals surface area (Å²) in [6, 6.07) is 9.88. The molecule has 1 fully saturated rings. The van der Waals surface area contributed by atoms with E-state index >= 15 is 0 Å². The molecule has 1 amide bonds. The van der Waals surface area contributed by atoms with E-state index in [1.165, 1.54) is 12.8 Å². The fraction of sp³-hybridized carbons (Fsp3) is 0.385. The van der Waals surface area contributed by atoms with Crippen LogP contribution in [0, 0.1) is 11.3 Å². The van der Waals surface area contributed by atoms with Crippen LogP contribution in [0.4, 0.5) is 0 Å². The molecule has 1 saturated carbocycles. The lowest BCUT2D eigenvalue weighted by atomic mass is 10.1. The van der Waals surface area contributed by atoms with Gasteiger partial charge in [0.2, 0.25) is 5.91 Å². The van der Waals surface area contributed by atoms with Gasteiger partial charge in [-0.2, -0.15) is 5.26 Å². The monoisotopic (exact) mass is 229 g/mol. The lowest BCUT2D eigenvalue weighted by molar-refractivity contribution is -0.120. The number of carbonyl (C=O) groups is 1. The number of hydrogen-bond donors (Lipinski definition) is 2. The van der Waals surface area contributed by atoms with Crippen LogP contribution in [-0.4, -0.2) is 18.5 Å². The first-order valence-electron chi connectivity index (χ1n) is 5.77. The van der Waals surface area contributed by atoms with Gasteiger partial charge < -0.3 is 10.6 Å². The first kappa shape index (κ1) is 11.6. The fourth-order valence-electron chi connectivity index (χ4n) is 1.54. The smallest absolute Gasteiger partial charge is 0.234 e. The van der Waals surface area contributed by atoms with E-state index in [1.807, 2.05) is 12.1 Å². The van der Waals surface area contributed by atoms with Gasteiger partial charge in [0.05, 0.1) is 18.2 Å². The molecule has 0 aromatic heterocycles. The van der Waals surface area contributed by atoms with Crippen LogP contribution in [0.3, 0.4) is 0 Å². The Morgan fingerprint density at radius 1 is 1.47 bits per heavy atom. The Morgan fingerprint density at radius 2 is 2.29 bits per heavy atom. The molecular formula is C13H15N3O. The van der Waals surface area contributed by atoms with Crippen molar-refractivity contribution in [1.82, 2.24) is 10.6 Å². The van der Waals surface area contributed by atoms with E-state index in [2.05, 4.69) is 16.7 Å². The fourth-order valence-corrected chi connectivity index (χ4v) is 1.54. The van der Waals surface area contributed by atoms with Crippen molar-refractivity contribution < 1.29 is 4.79 Å². The molecule has 1 aromatic rings. The topological polar surface area (TPSA) is 64.9 Å². The van der Waals surface area contributed by atoms with E-state index in [0.717, 1.165) is 5.56 Å². The number of nitriles is 1. The van der Waals surface area contributed by atoms with Crippen molar-refractivity contribution in [2.45, 2.75) is 25.4 Å². The number of benzene rings is 1. The molecule has 2 N–H and O–H groups in total. The zero-order valence-electron chi connectivity index (χ0n) is 9.57. The Balaban J connectivity index is 1.76. The number of amides is 1. The van der Waals surface area contributed by atoms with Crippen molar-refractivity contribution in [1.29, 1.82) is 5.26 Å². The normalized spacial score (nSPS) is 14.1. The van der Waals surface area contributed by atoms with Crippen LogP contribution < -0.4 is 10.6 Å². The van der Waals surface area contributed by atoms with Crippen LogP contribution in [0.15, 0.2) is 24.3 Å². The largest absolute Gasteiger partial charge is 0.351 e. The maximum Gasteiger partial charge on any atom is 0.234 e. The summed E-state index contributed by atoms with van der Waals surface area (Å²) >= 11 is 0. The molecule has 0 aliphatic heterocycles. The number of carbonyl (C=O) groups excluding carboxylic acids is 1. The molecule has 2 rings (SSSR count). The lowest BCUT2D eigenvalue weighted by Gasteiger charge is -2.06. The van der Waals surface area contributed by atoms with Gasteiger partial charge >= 0.3 is 0 Å². The van der Waals surface area contributed by atoms with Crippen molar-refractivity contribution in [3.8, 4) is 6.07 Å². The predicted octanol–water partition coefficient (Wildman–Crippen LogP) is 0.926. The molecule has 4 nitrogen and oxygen atoms in total. The van der Waals surface area contributed by atoms with E-state index in [-0.39, 0.29) is 5.91 Å². The highest BCUT2D eigenvalue weighted by Crippen LogP contribution is 2.17. The van der Waals surface area contributed by atoms with E-state index in [9.17, 15) is 4.79 Å². The highest BCUT2D eigenvalue weighted by molar-refractivity contribution is 5.78. The summed E-state index contributed by atoms with van der Waals surface area (Å²) < 4.78 is 0. The van der Waals surface area contributed by atoms with Crippen LogP contribution in [0.5, 0.6) is 0 Å². The molecule has 0 atom stereocenters. The van der Waals surface area contributed by atoms with Crippen LogP contribution in [0.25, 0.3) is 0 Å². The second kappa shape index (κ2) is 5.46. The molecule has 1 aromatic carbocycles. The number of hydrogen-bond acceptors (Lipinski definition) is 3. The molecule has 0 saturated heterocycles. The minimum absolute atomic E-state index is 0.000685.